The van der Waals surface area contributed by atoms with E-state index in [1.807, 2.05) is 31.2 Å². The Bertz CT molecular complexity index is 662. The molecule has 0 aliphatic heterocycles. The zero-order chi connectivity index (χ0) is 13.2. The topological polar surface area (TPSA) is 72.0 Å². The highest BCUT2D eigenvalue weighted by Crippen LogP contribution is 2.28. The fraction of sp³-hybridized carbons (Fsp3) is 0.0714. The Balaban J connectivity index is 2.06. The molecule has 0 saturated carbocycles. The molecule has 0 aliphatic carbocycles. The van der Waals surface area contributed by atoms with Gasteiger partial charge in [0.15, 0.2) is 0 Å². The monoisotopic (exact) mass is 253 g/mol. The molecule has 1 aromatic carbocycles. The smallest absolute Gasteiger partial charge is 0.262 e. The number of nitrogens with zero attached hydrogens (tertiary/aromatic N) is 3. The fourth-order valence-electron chi connectivity index (χ4n) is 1.83. The van der Waals surface area contributed by atoms with Gasteiger partial charge in [-0.2, -0.15) is 4.98 Å². The number of aromatic hydroxyl groups is 1. The first-order chi connectivity index (χ1) is 9.25. The minimum atomic E-state index is 0.0162. The summed E-state index contributed by atoms with van der Waals surface area (Å²) >= 11 is 0. The van der Waals surface area contributed by atoms with Gasteiger partial charge in [0.1, 0.15) is 5.75 Å². The zero-order valence-electron chi connectivity index (χ0n) is 10.2. The number of rotatable bonds is 2. The molecule has 2 aromatic heterocycles. The molecule has 19 heavy (non-hydrogen) atoms. The van der Waals surface area contributed by atoms with Crippen LogP contribution in [0.4, 0.5) is 0 Å². The van der Waals surface area contributed by atoms with Crippen LogP contribution >= 0.6 is 0 Å². The number of hydrogen-bond acceptors (Lipinski definition) is 5. The molecule has 0 aliphatic rings. The highest BCUT2D eigenvalue weighted by molar-refractivity contribution is 5.65. The number of aromatic nitrogens is 3. The molecule has 1 N–H and O–H groups in total. The zero-order valence-corrected chi connectivity index (χ0v) is 10.2. The summed E-state index contributed by atoms with van der Waals surface area (Å²) in [6.45, 7) is 1.98. The van der Waals surface area contributed by atoms with Gasteiger partial charge in [-0.05, 0) is 18.6 Å². The molecule has 94 valence electrons. The predicted octanol–water partition coefficient (Wildman–Crippen LogP) is 2.81. The van der Waals surface area contributed by atoms with Crippen molar-refractivity contribution in [3.05, 3.63) is 48.3 Å². The Morgan fingerprint density at radius 2 is 1.95 bits per heavy atom. The van der Waals surface area contributed by atoms with Crippen LogP contribution in [0.3, 0.4) is 0 Å². The van der Waals surface area contributed by atoms with Crippen molar-refractivity contribution in [2.45, 2.75) is 6.92 Å². The third kappa shape index (κ3) is 2.06. The number of aryl methyl sites for hydroxylation is 1. The normalized spacial score (nSPS) is 10.6. The van der Waals surface area contributed by atoms with Crippen LogP contribution in [0.2, 0.25) is 0 Å². The summed E-state index contributed by atoms with van der Waals surface area (Å²) in [5.41, 5.74) is 2.45. The van der Waals surface area contributed by atoms with Crippen molar-refractivity contribution in [3.8, 4) is 28.6 Å². The molecule has 3 aromatic rings. The van der Waals surface area contributed by atoms with Gasteiger partial charge in [-0.1, -0.05) is 29.4 Å². The van der Waals surface area contributed by atoms with Crippen molar-refractivity contribution in [1.82, 2.24) is 15.1 Å². The third-order valence-corrected chi connectivity index (χ3v) is 2.84. The molecule has 0 spiro atoms. The van der Waals surface area contributed by atoms with Gasteiger partial charge in [0, 0.05) is 11.8 Å². The average Bonchev–Trinajstić information content (AvgIpc) is 2.89. The van der Waals surface area contributed by atoms with E-state index in [1.54, 1.807) is 12.3 Å². The highest BCUT2D eigenvalue weighted by atomic mass is 16.5. The summed E-state index contributed by atoms with van der Waals surface area (Å²) in [4.78, 5) is 8.12. The lowest BCUT2D eigenvalue weighted by atomic mass is 10.1. The molecule has 0 atom stereocenters. The molecule has 0 bridgehead atoms. The van der Waals surface area contributed by atoms with Gasteiger partial charge in [0.25, 0.3) is 5.89 Å². The maximum absolute atomic E-state index is 9.71. The Hall–Kier alpha value is -2.69. The maximum atomic E-state index is 9.71. The third-order valence-electron chi connectivity index (χ3n) is 2.84. The minimum absolute atomic E-state index is 0.0162. The summed E-state index contributed by atoms with van der Waals surface area (Å²) in [6.07, 6.45) is 2.90. The van der Waals surface area contributed by atoms with Crippen molar-refractivity contribution in [3.63, 3.8) is 0 Å². The lowest BCUT2D eigenvalue weighted by Gasteiger charge is -1.98. The van der Waals surface area contributed by atoms with Crippen LogP contribution in [-0.2, 0) is 0 Å². The maximum Gasteiger partial charge on any atom is 0.262 e. The van der Waals surface area contributed by atoms with Gasteiger partial charge in [-0.15, -0.1) is 0 Å². The molecule has 0 unspecified atom stereocenters. The van der Waals surface area contributed by atoms with E-state index in [9.17, 15) is 5.11 Å². The quantitative estimate of drug-likeness (QED) is 0.760. The number of benzene rings is 1. The second kappa shape index (κ2) is 4.53. The Kier molecular flexibility index (Phi) is 2.72. The second-order valence-corrected chi connectivity index (χ2v) is 4.13. The predicted molar refractivity (Wildman–Crippen MR) is 69.4 cm³/mol. The van der Waals surface area contributed by atoms with Crippen molar-refractivity contribution < 1.29 is 9.63 Å². The molecular weight excluding hydrogens is 242 g/mol. The summed E-state index contributed by atoms with van der Waals surface area (Å²) in [6, 6.07) is 9.41. The number of pyridine rings is 1. The summed E-state index contributed by atoms with van der Waals surface area (Å²) in [7, 11) is 0. The summed E-state index contributed by atoms with van der Waals surface area (Å²) in [5, 5.41) is 13.7. The number of hydrogen-bond donors (Lipinski definition) is 1. The van der Waals surface area contributed by atoms with Crippen LogP contribution in [-0.4, -0.2) is 20.2 Å². The molecule has 0 fully saturated rings. The molecule has 0 saturated heterocycles. The molecule has 0 amide bonds. The average molecular weight is 253 g/mol. The van der Waals surface area contributed by atoms with Gasteiger partial charge in [0.2, 0.25) is 5.82 Å². The van der Waals surface area contributed by atoms with Crippen LogP contribution in [0.15, 0.2) is 47.2 Å². The minimum Gasteiger partial charge on any atom is -0.505 e. The van der Waals surface area contributed by atoms with E-state index in [2.05, 4.69) is 15.1 Å². The van der Waals surface area contributed by atoms with Crippen molar-refractivity contribution in [1.29, 1.82) is 0 Å². The highest BCUT2D eigenvalue weighted by Gasteiger charge is 2.14. The largest absolute Gasteiger partial charge is 0.505 e. The SMILES string of the molecule is Cc1ccccc1-c1noc(-c2ccncc2O)n1. The van der Waals surface area contributed by atoms with Crippen LogP contribution in [0.1, 0.15) is 5.56 Å². The van der Waals surface area contributed by atoms with E-state index in [1.165, 1.54) is 6.20 Å². The van der Waals surface area contributed by atoms with E-state index in [0.717, 1.165) is 11.1 Å². The van der Waals surface area contributed by atoms with Crippen molar-refractivity contribution in [2.24, 2.45) is 0 Å². The summed E-state index contributed by atoms with van der Waals surface area (Å²) < 4.78 is 5.19. The Labute approximate surface area is 109 Å². The molecule has 0 radical (unpaired) electrons. The van der Waals surface area contributed by atoms with Crippen LogP contribution < -0.4 is 0 Å². The second-order valence-electron chi connectivity index (χ2n) is 4.13. The lowest BCUT2D eigenvalue weighted by Crippen LogP contribution is -1.85. The van der Waals surface area contributed by atoms with E-state index in [0.29, 0.717) is 11.4 Å². The lowest BCUT2D eigenvalue weighted by molar-refractivity contribution is 0.425. The van der Waals surface area contributed by atoms with Crippen LogP contribution in [0.5, 0.6) is 5.75 Å². The van der Waals surface area contributed by atoms with Gasteiger partial charge < -0.3 is 9.63 Å². The van der Waals surface area contributed by atoms with Gasteiger partial charge in [-0.3, -0.25) is 4.98 Å². The molecule has 3 rings (SSSR count). The van der Waals surface area contributed by atoms with Gasteiger partial charge in [0.05, 0.1) is 11.8 Å². The molecular formula is C14H11N3O2. The molecule has 2 heterocycles. The van der Waals surface area contributed by atoms with Gasteiger partial charge >= 0.3 is 0 Å². The van der Waals surface area contributed by atoms with Gasteiger partial charge in [-0.25, -0.2) is 0 Å². The Morgan fingerprint density at radius 3 is 2.74 bits per heavy atom. The standard InChI is InChI=1S/C14H11N3O2/c1-9-4-2-3-5-10(9)13-16-14(19-17-13)11-6-7-15-8-12(11)18/h2-8,18H,1H3. The first-order valence-electron chi connectivity index (χ1n) is 5.79. The first-order valence-corrected chi connectivity index (χ1v) is 5.79. The van der Waals surface area contributed by atoms with E-state index in [4.69, 9.17) is 4.52 Å². The van der Waals surface area contributed by atoms with Crippen LogP contribution in [0.25, 0.3) is 22.8 Å². The van der Waals surface area contributed by atoms with Crippen molar-refractivity contribution in [2.75, 3.05) is 0 Å². The van der Waals surface area contributed by atoms with E-state index >= 15 is 0 Å². The van der Waals surface area contributed by atoms with E-state index in [-0.39, 0.29) is 11.6 Å². The fourth-order valence-corrected chi connectivity index (χ4v) is 1.83. The van der Waals surface area contributed by atoms with E-state index < -0.39 is 0 Å². The Morgan fingerprint density at radius 1 is 1.11 bits per heavy atom. The van der Waals surface area contributed by atoms with Crippen molar-refractivity contribution >= 4 is 0 Å². The van der Waals surface area contributed by atoms with Crippen LogP contribution in [0, 0.1) is 6.92 Å². The first kappa shape index (κ1) is 11.4. The molecule has 5 nitrogen and oxygen atoms in total. The summed E-state index contributed by atoms with van der Waals surface area (Å²) in [5.74, 6) is 0.796. The molecule has 5 heteroatoms.